The van der Waals surface area contributed by atoms with Crippen LogP contribution in [0.5, 0.6) is 0 Å². The van der Waals surface area contributed by atoms with Crippen molar-refractivity contribution < 1.29 is 0 Å². The highest BCUT2D eigenvalue weighted by Gasteiger charge is 2.18. The normalized spacial score (nSPS) is 11.2. The molecule has 1 heterocycles. The quantitative estimate of drug-likeness (QED) is 0.152. The molecule has 10 aromatic rings. The molecule has 264 valence electrons. The second-order valence-electron chi connectivity index (χ2n) is 14.1. The van der Waals surface area contributed by atoms with Gasteiger partial charge < -0.3 is 9.47 Å². The molecule has 0 N–H and O–H groups in total. The van der Waals surface area contributed by atoms with Crippen LogP contribution >= 0.6 is 0 Å². The van der Waals surface area contributed by atoms with E-state index in [0.717, 1.165) is 22.7 Å². The van der Waals surface area contributed by atoms with Crippen LogP contribution in [-0.4, -0.2) is 4.57 Å². The molecular formula is C54H38N2. The molecule has 0 aliphatic heterocycles. The zero-order valence-corrected chi connectivity index (χ0v) is 30.8. The Morgan fingerprint density at radius 1 is 0.286 bits per heavy atom. The number of hydrogen-bond donors (Lipinski definition) is 0. The molecule has 0 atom stereocenters. The molecule has 2 nitrogen and oxygen atoms in total. The number of aromatic nitrogens is 1. The molecule has 0 aliphatic rings. The molecular weight excluding hydrogens is 677 g/mol. The Morgan fingerprint density at radius 2 is 0.821 bits per heavy atom. The fraction of sp³-hybridized carbons (Fsp3) is 0. The molecule has 0 amide bonds. The molecule has 10 rings (SSSR count). The van der Waals surface area contributed by atoms with Gasteiger partial charge in [0.25, 0.3) is 0 Å². The molecule has 0 saturated carbocycles. The van der Waals surface area contributed by atoms with Gasteiger partial charge in [0.2, 0.25) is 0 Å². The summed E-state index contributed by atoms with van der Waals surface area (Å²) in [5, 5.41) is 2.50. The van der Waals surface area contributed by atoms with E-state index < -0.39 is 0 Å². The number of hydrogen-bond acceptors (Lipinski definition) is 1. The molecule has 0 radical (unpaired) electrons. The van der Waals surface area contributed by atoms with E-state index in [1.807, 2.05) is 0 Å². The lowest BCUT2D eigenvalue weighted by Gasteiger charge is -2.26. The molecule has 0 unspecified atom stereocenters. The van der Waals surface area contributed by atoms with Gasteiger partial charge in [-0.25, -0.2) is 0 Å². The number of benzene rings is 9. The molecule has 2 heteroatoms. The minimum absolute atomic E-state index is 1.10. The predicted octanol–water partition coefficient (Wildman–Crippen LogP) is 14.9. The lowest BCUT2D eigenvalue weighted by molar-refractivity contribution is 1.18. The Balaban J connectivity index is 1.06. The summed E-state index contributed by atoms with van der Waals surface area (Å²) in [4.78, 5) is 2.36. The second-order valence-corrected chi connectivity index (χ2v) is 14.1. The van der Waals surface area contributed by atoms with Crippen molar-refractivity contribution >= 4 is 38.9 Å². The summed E-state index contributed by atoms with van der Waals surface area (Å²) in [7, 11) is 0. The Hall–Kier alpha value is -7.42. The van der Waals surface area contributed by atoms with Gasteiger partial charge >= 0.3 is 0 Å². The van der Waals surface area contributed by atoms with E-state index in [9.17, 15) is 0 Å². The van der Waals surface area contributed by atoms with Crippen LogP contribution in [0.2, 0.25) is 0 Å². The van der Waals surface area contributed by atoms with E-state index in [4.69, 9.17) is 0 Å². The van der Waals surface area contributed by atoms with Crippen LogP contribution in [0, 0.1) is 0 Å². The van der Waals surface area contributed by atoms with Gasteiger partial charge in [0, 0.05) is 33.5 Å². The third-order valence-corrected chi connectivity index (χ3v) is 10.8. The zero-order valence-electron chi connectivity index (χ0n) is 30.8. The minimum Gasteiger partial charge on any atom is -0.310 e. The van der Waals surface area contributed by atoms with Gasteiger partial charge in [-0.1, -0.05) is 164 Å². The first-order valence-electron chi connectivity index (χ1n) is 19.2. The van der Waals surface area contributed by atoms with Crippen LogP contribution in [0.1, 0.15) is 0 Å². The average Bonchev–Trinajstić information content (AvgIpc) is 3.63. The Morgan fingerprint density at radius 3 is 1.55 bits per heavy atom. The Bertz CT molecular complexity index is 2930. The van der Waals surface area contributed by atoms with Crippen LogP contribution < -0.4 is 4.90 Å². The van der Waals surface area contributed by atoms with Gasteiger partial charge in [-0.15, -0.1) is 0 Å². The van der Waals surface area contributed by atoms with Crippen molar-refractivity contribution in [2.75, 3.05) is 4.90 Å². The number of nitrogens with zero attached hydrogens (tertiary/aromatic N) is 2. The summed E-state index contributed by atoms with van der Waals surface area (Å²) in [6, 6.07) is 82.9. The van der Waals surface area contributed by atoms with Crippen molar-refractivity contribution in [2.24, 2.45) is 0 Å². The van der Waals surface area contributed by atoms with Crippen molar-refractivity contribution in [2.45, 2.75) is 0 Å². The molecule has 56 heavy (non-hydrogen) atoms. The number of fused-ring (bicyclic) bond motifs is 3. The van der Waals surface area contributed by atoms with E-state index >= 15 is 0 Å². The third kappa shape index (κ3) is 6.04. The Kier molecular flexibility index (Phi) is 8.55. The first-order chi connectivity index (χ1) is 27.8. The first-order valence-corrected chi connectivity index (χ1v) is 19.2. The lowest BCUT2D eigenvalue weighted by Crippen LogP contribution is -2.09. The van der Waals surface area contributed by atoms with E-state index in [-0.39, 0.29) is 0 Å². The lowest BCUT2D eigenvalue weighted by atomic mass is 9.91. The number of anilines is 3. The highest BCUT2D eigenvalue weighted by Crippen LogP contribution is 2.42. The molecule has 0 bridgehead atoms. The first kappa shape index (κ1) is 33.2. The highest BCUT2D eigenvalue weighted by atomic mass is 15.1. The maximum Gasteiger partial charge on any atom is 0.0547 e. The topological polar surface area (TPSA) is 8.17 Å². The van der Waals surface area contributed by atoms with Crippen molar-refractivity contribution in [1.82, 2.24) is 4.57 Å². The largest absolute Gasteiger partial charge is 0.310 e. The van der Waals surface area contributed by atoms with Gasteiger partial charge in [-0.2, -0.15) is 0 Å². The summed E-state index contributed by atoms with van der Waals surface area (Å²) < 4.78 is 2.38. The maximum absolute atomic E-state index is 2.38. The predicted molar refractivity (Wildman–Crippen MR) is 237 cm³/mol. The van der Waals surface area contributed by atoms with Crippen LogP contribution in [0.15, 0.2) is 231 Å². The average molecular weight is 715 g/mol. The molecule has 0 spiro atoms. The SMILES string of the molecule is c1ccc(-c2ccc(-c3ccc(N(c4ccccc4)c4cccc(-c5cccc6c5c5ccccc5n6-c5ccccc5)c4)cc3)cc2-c2ccccc2)cc1. The number of rotatable bonds is 8. The van der Waals surface area contributed by atoms with Gasteiger partial charge in [0.1, 0.15) is 0 Å². The summed E-state index contributed by atoms with van der Waals surface area (Å²) >= 11 is 0. The van der Waals surface area contributed by atoms with Gasteiger partial charge in [0.05, 0.1) is 11.0 Å². The molecule has 1 aromatic heterocycles. The summed E-state index contributed by atoms with van der Waals surface area (Å²) in [5.74, 6) is 0. The van der Waals surface area contributed by atoms with Crippen LogP contribution in [0.25, 0.3) is 72.0 Å². The third-order valence-electron chi connectivity index (χ3n) is 10.8. The monoisotopic (exact) mass is 714 g/mol. The van der Waals surface area contributed by atoms with Crippen molar-refractivity contribution in [3.05, 3.63) is 231 Å². The fourth-order valence-corrected chi connectivity index (χ4v) is 8.20. The minimum atomic E-state index is 1.10. The molecule has 0 aliphatic carbocycles. The van der Waals surface area contributed by atoms with E-state index in [1.165, 1.54) is 66.3 Å². The van der Waals surface area contributed by atoms with Crippen molar-refractivity contribution in [3.8, 4) is 50.2 Å². The summed E-state index contributed by atoms with van der Waals surface area (Å²) in [5.41, 5.74) is 16.5. The van der Waals surface area contributed by atoms with Crippen molar-refractivity contribution in [1.29, 1.82) is 0 Å². The standard InChI is InChI=1S/C54H38N2/c1-5-17-40(18-6-1)48-36-33-42(38-51(48)41-19-7-2-8-20-41)39-31-34-46(35-32-39)55(44-22-9-3-10-23-44)47-26-15-21-43(37-47)49-28-16-30-53-54(49)50-27-13-14-29-52(50)56(53)45-24-11-4-12-25-45/h1-38H. The van der Waals surface area contributed by atoms with E-state index in [0.29, 0.717) is 0 Å². The van der Waals surface area contributed by atoms with Gasteiger partial charge in [0.15, 0.2) is 0 Å². The number of para-hydroxylation sites is 3. The second kappa shape index (κ2) is 14.4. The fourth-order valence-electron chi connectivity index (χ4n) is 8.20. The summed E-state index contributed by atoms with van der Waals surface area (Å²) in [6.07, 6.45) is 0. The Labute approximate surface area is 327 Å². The zero-order chi connectivity index (χ0) is 37.3. The van der Waals surface area contributed by atoms with Gasteiger partial charge in [-0.3, -0.25) is 0 Å². The van der Waals surface area contributed by atoms with E-state index in [2.05, 4.69) is 240 Å². The summed E-state index contributed by atoms with van der Waals surface area (Å²) in [6.45, 7) is 0. The smallest absolute Gasteiger partial charge is 0.0547 e. The van der Waals surface area contributed by atoms with Crippen LogP contribution in [0.4, 0.5) is 17.1 Å². The van der Waals surface area contributed by atoms with Crippen molar-refractivity contribution in [3.63, 3.8) is 0 Å². The molecule has 0 saturated heterocycles. The van der Waals surface area contributed by atoms with Gasteiger partial charge in [-0.05, 0) is 111 Å². The van der Waals surface area contributed by atoms with Crippen LogP contribution in [-0.2, 0) is 0 Å². The maximum atomic E-state index is 2.38. The van der Waals surface area contributed by atoms with Crippen LogP contribution in [0.3, 0.4) is 0 Å². The highest BCUT2D eigenvalue weighted by molar-refractivity contribution is 6.16. The molecule has 9 aromatic carbocycles. The van der Waals surface area contributed by atoms with E-state index in [1.54, 1.807) is 0 Å². The molecule has 0 fully saturated rings.